The van der Waals surface area contributed by atoms with Crippen LogP contribution in [-0.2, 0) is 19.6 Å². The lowest BCUT2D eigenvalue weighted by Gasteiger charge is -2.15. The highest BCUT2D eigenvalue weighted by Gasteiger charge is 2.31. The van der Waals surface area contributed by atoms with Crippen LogP contribution in [0.3, 0.4) is 0 Å². The molecular weight excluding hydrogens is 453 g/mol. The third-order valence-electron chi connectivity index (χ3n) is 4.53. The van der Waals surface area contributed by atoms with Gasteiger partial charge in [-0.1, -0.05) is 0 Å². The van der Waals surface area contributed by atoms with E-state index in [4.69, 9.17) is 9.47 Å². The minimum Gasteiger partial charge on any atom is -0.495 e. The average Bonchev–Trinajstić information content (AvgIpc) is 3.56. The molecule has 1 fully saturated rings. The Kier molecular flexibility index (Phi) is 6.74. The van der Waals surface area contributed by atoms with Crippen LogP contribution in [0.25, 0.3) is 0 Å². The van der Waals surface area contributed by atoms with E-state index in [-0.39, 0.29) is 22.3 Å². The summed E-state index contributed by atoms with van der Waals surface area (Å²) in [5, 5.41) is 1.99. The maximum Gasteiger partial charge on any atom is 0.338 e. The van der Waals surface area contributed by atoms with Gasteiger partial charge in [-0.15, -0.1) is 0 Å². The van der Waals surface area contributed by atoms with Gasteiger partial charge in [-0.2, -0.15) is 0 Å². The van der Waals surface area contributed by atoms with Crippen LogP contribution in [-0.4, -0.2) is 39.5 Å². The van der Waals surface area contributed by atoms with E-state index in [1.807, 2.05) is 5.32 Å². The van der Waals surface area contributed by atoms with Crippen molar-refractivity contribution in [3.63, 3.8) is 0 Å². The Morgan fingerprint density at radius 1 is 1.09 bits per heavy atom. The Morgan fingerprint density at radius 3 is 2.41 bits per heavy atom. The maximum absolute atomic E-state index is 13.7. The number of rotatable bonds is 8. The van der Waals surface area contributed by atoms with Crippen molar-refractivity contribution in [2.24, 2.45) is 0 Å². The Labute approximate surface area is 181 Å². The van der Waals surface area contributed by atoms with Gasteiger partial charge < -0.3 is 14.8 Å². The number of methoxy groups -OCH3 is 1. The SMILES string of the molecule is COc1ccc(C(=O)OC(C)C(=O)Nc2ccc(F)c(F)c2F)cc1S(=O)(=O)NC1CC1. The van der Waals surface area contributed by atoms with Crippen molar-refractivity contribution in [3.05, 3.63) is 53.3 Å². The smallest absolute Gasteiger partial charge is 0.338 e. The van der Waals surface area contributed by atoms with Gasteiger partial charge in [0.15, 0.2) is 23.6 Å². The first-order valence-corrected chi connectivity index (χ1v) is 10.9. The number of ether oxygens (including phenoxy) is 2. The van der Waals surface area contributed by atoms with Crippen LogP contribution in [0.1, 0.15) is 30.1 Å². The average molecular weight is 472 g/mol. The number of amides is 1. The second kappa shape index (κ2) is 9.17. The van der Waals surface area contributed by atoms with Gasteiger partial charge in [0.1, 0.15) is 10.6 Å². The zero-order valence-corrected chi connectivity index (χ0v) is 17.8. The monoisotopic (exact) mass is 472 g/mol. The molecule has 1 aliphatic rings. The van der Waals surface area contributed by atoms with Crippen LogP contribution in [0, 0.1) is 17.5 Å². The molecule has 3 rings (SSSR count). The van der Waals surface area contributed by atoms with E-state index < -0.39 is 51.1 Å². The molecule has 1 unspecified atom stereocenters. The van der Waals surface area contributed by atoms with Crippen molar-refractivity contribution in [3.8, 4) is 5.75 Å². The fraction of sp³-hybridized carbons (Fsp3) is 0.300. The molecule has 1 atom stereocenters. The summed E-state index contributed by atoms with van der Waals surface area (Å²) < 4.78 is 77.7. The van der Waals surface area contributed by atoms with E-state index in [0.29, 0.717) is 18.9 Å². The van der Waals surface area contributed by atoms with E-state index in [1.54, 1.807) is 0 Å². The molecule has 0 spiro atoms. The normalized spacial score (nSPS) is 14.5. The van der Waals surface area contributed by atoms with E-state index in [0.717, 1.165) is 12.1 Å². The first kappa shape index (κ1) is 23.5. The van der Waals surface area contributed by atoms with Crippen LogP contribution in [0.15, 0.2) is 35.2 Å². The largest absolute Gasteiger partial charge is 0.495 e. The summed E-state index contributed by atoms with van der Waals surface area (Å²) in [7, 11) is -2.69. The summed E-state index contributed by atoms with van der Waals surface area (Å²) in [6.45, 7) is 1.17. The molecule has 2 aromatic carbocycles. The third-order valence-corrected chi connectivity index (χ3v) is 6.08. The lowest BCUT2D eigenvalue weighted by atomic mass is 10.2. The molecule has 0 aliphatic heterocycles. The number of esters is 1. The lowest BCUT2D eigenvalue weighted by molar-refractivity contribution is -0.123. The van der Waals surface area contributed by atoms with Gasteiger partial charge in [0.05, 0.1) is 18.4 Å². The summed E-state index contributed by atoms with van der Waals surface area (Å²) in [6.07, 6.45) is -0.0649. The van der Waals surface area contributed by atoms with Gasteiger partial charge in [-0.25, -0.2) is 31.1 Å². The van der Waals surface area contributed by atoms with Gasteiger partial charge in [-0.3, -0.25) is 4.79 Å². The van der Waals surface area contributed by atoms with Gasteiger partial charge in [0.2, 0.25) is 10.0 Å². The standard InChI is InChI=1S/C20H19F3N2O6S/c1-10(19(26)24-14-7-6-13(21)17(22)18(14)23)31-20(27)11-3-8-15(30-2)16(9-11)32(28,29)25-12-4-5-12/h3,6-10,12,25H,4-5H2,1-2H3,(H,24,26). The van der Waals surface area contributed by atoms with Crippen molar-refractivity contribution >= 4 is 27.6 Å². The fourth-order valence-corrected chi connectivity index (χ4v) is 4.14. The quantitative estimate of drug-likeness (QED) is 0.452. The highest BCUT2D eigenvalue weighted by molar-refractivity contribution is 7.89. The van der Waals surface area contributed by atoms with Gasteiger partial charge in [-0.05, 0) is 50.1 Å². The fourth-order valence-electron chi connectivity index (χ4n) is 2.64. The second-order valence-corrected chi connectivity index (χ2v) is 8.70. The molecular formula is C20H19F3N2O6S. The molecule has 0 radical (unpaired) electrons. The minimum absolute atomic E-state index is 0.00861. The molecule has 0 bridgehead atoms. The Bertz CT molecular complexity index is 1170. The van der Waals surface area contributed by atoms with Crippen molar-refractivity contribution in [2.45, 2.75) is 36.8 Å². The number of benzene rings is 2. The van der Waals surface area contributed by atoms with E-state index in [9.17, 15) is 31.2 Å². The molecule has 8 nitrogen and oxygen atoms in total. The molecule has 0 aromatic heterocycles. The number of carbonyl (C=O) groups excluding carboxylic acids is 2. The number of anilines is 1. The molecule has 1 amide bonds. The van der Waals surface area contributed by atoms with Crippen molar-refractivity contribution in [1.82, 2.24) is 4.72 Å². The minimum atomic E-state index is -3.96. The Morgan fingerprint density at radius 2 is 1.78 bits per heavy atom. The van der Waals surface area contributed by atoms with Crippen molar-refractivity contribution < 1.29 is 40.7 Å². The van der Waals surface area contributed by atoms with Crippen LogP contribution >= 0.6 is 0 Å². The topological polar surface area (TPSA) is 111 Å². The molecule has 1 aliphatic carbocycles. The molecule has 0 saturated heterocycles. The summed E-state index contributed by atoms with van der Waals surface area (Å²) in [6, 6.07) is 4.82. The predicted molar refractivity (Wildman–Crippen MR) is 106 cm³/mol. The number of nitrogens with one attached hydrogen (secondary N) is 2. The summed E-state index contributed by atoms with van der Waals surface area (Å²) >= 11 is 0. The van der Waals surface area contributed by atoms with Gasteiger partial charge in [0.25, 0.3) is 5.91 Å². The first-order chi connectivity index (χ1) is 15.0. The summed E-state index contributed by atoms with van der Waals surface area (Å²) in [5.74, 6) is -6.84. The van der Waals surface area contributed by atoms with Crippen molar-refractivity contribution in [1.29, 1.82) is 0 Å². The molecule has 172 valence electrons. The highest BCUT2D eigenvalue weighted by Crippen LogP contribution is 2.28. The third kappa shape index (κ3) is 5.19. The zero-order chi connectivity index (χ0) is 23.6. The number of hydrogen-bond acceptors (Lipinski definition) is 6. The summed E-state index contributed by atoms with van der Waals surface area (Å²) in [4.78, 5) is 24.4. The van der Waals surface area contributed by atoms with E-state index in [1.165, 1.54) is 26.2 Å². The highest BCUT2D eigenvalue weighted by atomic mass is 32.2. The molecule has 2 N–H and O–H groups in total. The first-order valence-electron chi connectivity index (χ1n) is 9.39. The number of sulfonamides is 1. The Hall–Kier alpha value is -3.12. The lowest BCUT2D eigenvalue weighted by Crippen LogP contribution is -2.30. The second-order valence-electron chi connectivity index (χ2n) is 7.02. The van der Waals surface area contributed by atoms with Crippen LogP contribution in [0.2, 0.25) is 0 Å². The molecule has 2 aromatic rings. The van der Waals surface area contributed by atoms with Crippen LogP contribution in [0.4, 0.5) is 18.9 Å². The zero-order valence-electron chi connectivity index (χ0n) is 16.9. The van der Waals surface area contributed by atoms with Crippen LogP contribution < -0.4 is 14.8 Å². The number of hydrogen-bond donors (Lipinski definition) is 2. The maximum atomic E-state index is 13.7. The van der Waals surface area contributed by atoms with Gasteiger partial charge >= 0.3 is 5.97 Å². The molecule has 1 saturated carbocycles. The van der Waals surface area contributed by atoms with Crippen LogP contribution in [0.5, 0.6) is 5.75 Å². The Balaban J connectivity index is 1.74. The molecule has 0 heterocycles. The van der Waals surface area contributed by atoms with E-state index in [2.05, 4.69) is 4.72 Å². The number of halogens is 3. The molecule has 32 heavy (non-hydrogen) atoms. The predicted octanol–water partition coefficient (Wildman–Crippen LogP) is 2.74. The van der Waals surface area contributed by atoms with E-state index >= 15 is 0 Å². The van der Waals surface area contributed by atoms with Gasteiger partial charge in [0, 0.05) is 6.04 Å². The van der Waals surface area contributed by atoms with Crippen molar-refractivity contribution in [2.75, 3.05) is 12.4 Å². The number of carbonyl (C=O) groups is 2. The molecule has 12 heteroatoms. The summed E-state index contributed by atoms with van der Waals surface area (Å²) in [5.41, 5.74) is -0.818.